The number of β-amino-alcohol motifs (C(OH)–C–C–N with tert-alkyl or cyclic N) is 1. The van der Waals surface area contributed by atoms with Gasteiger partial charge in [-0.05, 0) is 6.07 Å². The van der Waals surface area contributed by atoms with E-state index in [2.05, 4.69) is 10.3 Å². The van der Waals surface area contributed by atoms with Crippen LogP contribution in [0.1, 0.15) is 6.04 Å². The van der Waals surface area contributed by atoms with Gasteiger partial charge in [-0.25, -0.2) is 4.98 Å². The van der Waals surface area contributed by atoms with Crippen molar-refractivity contribution in [3.8, 4) is 28.6 Å². The van der Waals surface area contributed by atoms with Gasteiger partial charge < -0.3 is 29.2 Å². The first kappa shape index (κ1) is 19.7. The molecule has 1 aromatic carbocycles. The summed E-state index contributed by atoms with van der Waals surface area (Å²) < 4.78 is 18.8. The van der Waals surface area contributed by atoms with Crippen molar-refractivity contribution in [3.05, 3.63) is 24.5 Å². The highest BCUT2D eigenvalue weighted by Crippen LogP contribution is 2.41. The molecule has 0 saturated carbocycles. The zero-order valence-corrected chi connectivity index (χ0v) is 15.3. The van der Waals surface area contributed by atoms with Gasteiger partial charge in [0.05, 0.1) is 24.8 Å². The summed E-state index contributed by atoms with van der Waals surface area (Å²) in [6.45, 7) is 2.35. The second-order valence-corrected chi connectivity index (χ2v) is 5.65. The molecule has 0 spiro atoms. The average molecular weight is 390 g/mol. The van der Waals surface area contributed by atoms with Gasteiger partial charge in [0.2, 0.25) is 0 Å². The highest BCUT2D eigenvalue weighted by Gasteiger charge is 2.29. The molecule has 7 nitrogen and oxygen atoms in total. The molecule has 1 saturated heterocycles. The van der Waals surface area contributed by atoms with Crippen molar-refractivity contribution in [2.75, 3.05) is 33.4 Å². The zero-order valence-electron chi connectivity index (χ0n) is 13.7. The van der Waals surface area contributed by atoms with Crippen LogP contribution >= 0.6 is 24.8 Å². The number of ether oxygens (including phenoxy) is 3. The zero-order chi connectivity index (χ0) is 15.8. The van der Waals surface area contributed by atoms with Crippen LogP contribution in [-0.2, 0) is 0 Å². The first-order valence-electron chi connectivity index (χ1n) is 7.67. The summed E-state index contributed by atoms with van der Waals surface area (Å²) in [6.07, 6.45) is 3.18. The monoisotopic (exact) mass is 389 g/mol. The second kappa shape index (κ2) is 8.14. The van der Waals surface area contributed by atoms with Crippen LogP contribution in [0.5, 0.6) is 17.2 Å². The van der Waals surface area contributed by atoms with Gasteiger partial charge in [-0.1, -0.05) is 0 Å². The molecule has 2 aromatic rings. The number of nitrogens with zero attached hydrogens (tertiary/aromatic N) is 2. The summed E-state index contributed by atoms with van der Waals surface area (Å²) in [5.41, 5.74) is 0.820. The third-order valence-corrected chi connectivity index (χ3v) is 4.28. The smallest absolute Gasteiger partial charge is 0.165 e. The Morgan fingerprint density at radius 3 is 2.56 bits per heavy atom. The molecule has 0 radical (unpaired) electrons. The lowest BCUT2D eigenvalue weighted by molar-refractivity contribution is 0.151. The molecule has 0 aliphatic carbocycles. The summed E-state index contributed by atoms with van der Waals surface area (Å²) in [7, 11) is 1.62. The summed E-state index contributed by atoms with van der Waals surface area (Å²) in [5.74, 6) is 2.78. The normalized spacial score (nSPS) is 21.2. The third kappa shape index (κ3) is 3.50. The first-order chi connectivity index (χ1) is 11.3. The molecule has 2 aliphatic rings. The van der Waals surface area contributed by atoms with Crippen LogP contribution in [-0.4, -0.2) is 54.2 Å². The fourth-order valence-corrected chi connectivity index (χ4v) is 3.14. The van der Waals surface area contributed by atoms with E-state index >= 15 is 0 Å². The van der Waals surface area contributed by atoms with Crippen LogP contribution in [0.15, 0.2) is 24.5 Å². The lowest BCUT2D eigenvalue weighted by atomic mass is 10.1. The maximum absolute atomic E-state index is 10.2. The third-order valence-electron chi connectivity index (χ3n) is 4.28. The number of fused-ring (bicyclic) bond motifs is 1. The maximum Gasteiger partial charge on any atom is 0.165 e. The molecule has 2 atom stereocenters. The van der Waals surface area contributed by atoms with Gasteiger partial charge in [0.15, 0.2) is 11.5 Å². The average Bonchev–Trinajstić information content (AvgIpc) is 3.21. The fraction of sp³-hybridized carbons (Fsp3) is 0.438. The molecule has 0 amide bonds. The Balaban J connectivity index is 0.00000113. The van der Waals surface area contributed by atoms with Crippen LogP contribution in [0.2, 0.25) is 0 Å². The van der Waals surface area contributed by atoms with E-state index in [0.717, 1.165) is 11.4 Å². The molecule has 1 aromatic heterocycles. The summed E-state index contributed by atoms with van der Waals surface area (Å²) in [5, 5.41) is 13.4. The van der Waals surface area contributed by atoms with Crippen molar-refractivity contribution in [1.29, 1.82) is 0 Å². The number of halogens is 2. The van der Waals surface area contributed by atoms with Gasteiger partial charge >= 0.3 is 0 Å². The largest absolute Gasteiger partial charge is 0.496 e. The van der Waals surface area contributed by atoms with Gasteiger partial charge in [-0.15, -0.1) is 24.8 Å². The minimum absolute atomic E-state index is 0. The number of rotatable bonds is 3. The number of hydrogen-bond acceptors (Lipinski definition) is 6. The molecule has 9 heteroatoms. The van der Waals surface area contributed by atoms with Crippen LogP contribution < -0.4 is 19.5 Å². The number of hydrogen-bond donors (Lipinski definition) is 2. The molecule has 2 N–H and O–H groups in total. The van der Waals surface area contributed by atoms with Crippen molar-refractivity contribution in [2.45, 2.75) is 12.1 Å². The molecule has 4 rings (SSSR count). The topological polar surface area (TPSA) is 77.8 Å². The van der Waals surface area contributed by atoms with Gasteiger partial charge in [0, 0.05) is 31.5 Å². The van der Waals surface area contributed by atoms with E-state index < -0.39 is 6.10 Å². The van der Waals surface area contributed by atoms with Crippen molar-refractivity contribution >= 4 is 24.8 Å². The highest BCUT2D eigenvalue weighted by atomic mass is 35.5. The maximum atomic E-state index is 10.2. The predicted octanol–water partition coefficient (Wildman–Crippen LogP) is 1.68. The molecule has 2 aliphatic heterocycles. The molecule has 0 unspecified atom stereocenters. The molecular weight excluding hydrogens is 369 g/mol. The van der Waals surface area contributed by atoms with E-state index in [1.54, 1.807) is 13.3 Å². The quantitative estimate of drug-likeness (QED) is 0.831. The minimum atomic E-state index is -0.439. The van der Waals surface area contributed by atoms with Gasteiger partial charge in [0.1, 0.15) is 24.8 Å². The van der Waals surface area contributed by atoms with Crippen molar-refractivity contribution in [3.63, 3.8) is 0 Å². The predicted molar refractivity (Wildman–Crippen MR) is 97.6 cm³/mol. The minimum Gasteiger partial charge on any atom is -0.496 e. The van der Waals surface area contributed by atoms with E-state index in [0.29, 0.717) is 43.6 Å². The lowest BCUT2D eigenvalue weighted by Crippen LogP contribution is -2.22. The molecule has 0 bridgehead atoms. The second-order valence-electron chi connectivity index (χ2n) is 5.65. The van der Waals surface area contributed by atoms with E-state index in [1.807, 2.05) is 22.9 Å². The van der Waals surface area contributed by atoms with Crippen LogP contribution in [0.3, 0.4) is 0 Å². The van der Waals surface area contributed by atoms with Gasteiger partial charge in [0.25, 0.3) is 0 Å². The molecule has 3 heterocycles. The summed E-state index contributed by atoms with van der Waals surface area (Å²) >= 11 is 0. The Morgan fingerprint density at radius 2 is 1.92 bits per heavy atom. The number of methoxy groups -OCH3 is 1. The van der Waals surface area contributed by atoms with Gasteiger partial charge in [-0.3, -0.25) is 0 Å². The fourth-order valence-electron chi connectivity index (χ4n) is 3.14. The SMILES string of the molecule is COc1cc2c(cc1-c1nccn1[C@@H]1CNC[C@@H]1O)OCCO2.Cl.Cl. The number of aliphatic hydroxyl groups excluding tert-OH is 1. The molecule has 25 heavy (non-hydrogen) atoms. The Morgan fingerprint density at radius 1 is 1.20 bits per heavy atom. The van der Waals surface area contributed by atoms with E-state index in [9.17, 15) is 5.11 Å². The number of imidazole rings is 1. The Kier molecular flexibility index (Phi) is 6.40. The Labute approximate surface area is 158 Å². The summed E-state index contributed by atoms with van der Waals surface area (Å²) in [4.78, 5) is 4.47. The van der Waals surface area contributed by atoms with Crippen LogP contribution in [0.25, 0.3) is 11.4 Å². The number of aliphatic hydroxyl groups is 1. The molecule has 138 valence electrons. The van der Waals surface area contributed by atoms with Crippen molar-refractivity contribution in [1.82, 2.24) is 14.9 Å². The van der Waals surface area contributed by atoms with E-state index in [1.165, 1.54) is 0 Å². The first-order valence-corrected chi connectivity index (χ1v) is 7.67. The van der Waals surface area contributed by atoms with E-state index in [4.69, 9.17) is 14.2 Å². The molecule has 1 fully saturated rings. The Bertz CT molecular complexity index is 725. The van der Waals surface area contributed by atoms with Crippen molar-refractivity contribution < 1.29 is 19.3 Å². The van der Waals surface area contributed by atoms with Crippen molar-refractivity contribution in [2.24, 2.45) is 0 Å². The molecular formula is C16H21Cl2N3O4. The van der Waals surface area contributed by atoms with E-state index in [-0.39, 0.29) is 30.9 Å². The van der Waals surface area contributed by atoms with Gasteiger partial charge in [-0.2, -0.15) is 0 Å². The Hall–Kier alpha value is -1.67. The van der Waals surface area contributed by atoms with Crippen LogP contribution in [0, 0.1) is 0 Å². The number of nitrogens with one attached hydrogen (secondary N) is 1. The van der Waals surface area contributed by atoms with Crippen LogP contribution in [0.4, 0.5) is 0 Å². The summed E-state index contributed by atoms with van der Waals surface area (Å²) in [6, 6.07) is 3.66. The number of benzene rings is 1. The standard InChI is InChI=1S/C16H19N3O4.2ClH/c1-21-13-7-15-14(22-4-5-23-15)6-10(13)16-18-2-3-19(16)11-8-17-9-12(11)20;;/h2-3,6-7,11-12,17,20H,4-5,8-9H2,1H3;2*1H/t11-,12+;;/m1../s1. The highest BCUT2D eigenvalue weighted by molar-refractivity contribution is 5.85. The number of aromatic nitrogens is 2. The lowest BCUT2D eigenvalue weighted by Gasteiger charge is -2.22.